The van der Waals surface area contributed by atoms with Crippen LogP contribution in [0.1, 0.15) is 18.4 Å². The molecule has 0 radical (unpaired) electrons. The van der Waals surface area contributed by atoms with Crippen molar-refractivity contribution in [2.75, 3.05) is 24.5 Å². The fraction of sp³-hybridized carbons (Fsp3) is 0.533. The fourth-order valence-electron chi connectivity index (χ4n) is 4.29. The Balaban J connectivity index is 1.48. The first-order valence-electron chi connectivity index (χ1n) is 8.41. The Morgan fingerprint density at radius 3 is 2.70 bits per heavy atom. The third-order valence-electron chi connectivity index (χ3n) is 5.42. The molecule has 1 saturated carbocycles. The highest BCUT2D eigenvalue weighted by Gasteiger charge is 2.56. The molecule has 1 saturated heterocycles. The molecule has 10 nitrogen and oxygen atoms in total. The zero-order valence-corrected chi connectivity index (χ0v) is 16.2. The Morgan fingerprint density at radius 2 is 2.11 bits per heavy atom. The van der Waals surface area contributed by atoms with Crippen LogP contribution in [0, 0.1) is 12.3 Å². The Hall–Kier alpha value is -1.95. The Bertz CT molecular complexity index is 1020. The maximum Gasteiger partial charge on any atom is 0.277 e. The van der Waals surface area contributed by atoms with Gasteiger partial charge in [-0.3, -0.25) is 4.79 Å². The average molecular weight is 414 g/mol. The molecule has 1 amide bonds. The lowest BCUT2D eigenvalue weighted by Crippen LogP contribution is -2.68. The minimum atomic E-state index is -3.97. The molecule has 1 spiro atoms. The highest BCUT2D eigenvalue weighted by molar-refractivity contribution is 7.86. The Kier molecular flexibility index (Phi) is 4.11. The number of primary amides is 1. The number of carbonyl (C=O) groups is 1. The molecule has 4 rings (SSSR count). The molecule has 0 unspecified atom stereocenters. The number of rotatable bonds is 5. The SMILES string of the molecule is Cc1cc(Cl)n2ncnc(N3CC4(CC(N(CC(N)=O)S(N)(=O)=O)C4)C3)c12. The number of hydrogen-bond donors (Lipinski definition) is 2. The summed E-state index contributed by atoms with van der Waals surface area (Å²) in [5.74, 6) is 0.0908. The Labute approximate surface area is 161 Å². The second-order valence-corrected chi connectivity index (χ2v) is 9.35. The molecule has 1 aliphatic carbocycles. The van der Waals surface area contributed by atoms with Gasteiger partial charge in [0.1, 0.15) is 17.0 Å². The fourth-order valence-corrected chi connectivity index (χ4v) is 5.45. The predicted molar refractivity (Wildman–Crippen MR) is 99.4 cm³/mol. The number of amides is 1. The van der Waals surface area contributed by atoms with Crippen molar-refractivity contribution in [3.05, 3.63) is 23.1 Å². The molecule has 0 bridgehead atoms. The van der Waals surface area contributed by atoms with Gasteiger partial charge in [0.15, 0.2) is 5.82 Å². The van der Waals surface area contributed by atoms with E-state index in [1.165, 1.54) is 6.33 Å². The summed E-state index contributed by atoms with van der Waals surface area (Å²) in [6.07, 6.45) is 2.74. The number of hydrogen-bond acceptors (Lipinski definition) is 6. The first-order valence-corrected chi connectivity index (χ1v) is 10.3. The van der Waals surface area contributed by atoms with E-state index >= 15 is 0 Å². The molecular formula is C15H20ClN7O3S. The van der Waals surface area contributed by atoms with Gasteiger partial charge in [0.05, 0.1) is 6.54 Å². The second kappa shape index (κ2) is 6.03. The molecule has 0 atom stereocenters. The van der Waals surface area contributed by atoms with Gasteiger partial charge in [-0.05, 0) is 31.4 Å². The number of aryl methyl sites for hydroxylation is 1. The molecule has 0 aromatic carbocycles. The third kappa shape index (κ3) is 3.04. The second-order valence-electron chi connectivity index (χ2n) is 7.47. The van der Waals surface area contributed by atoms with E-state index in [4.69, 9.17) is 22.5 Å². The first kappa shape index (κ1) is 18.4. The van der Waals surface area contributed by atoms with Crippen LogP contribution in [0.5, 0.6) is 0 Å². The van der Waals surface area contributed by atoms with Gasteiger partial charge in [-0.2, -0.15) is 17.8 Å². The predicted octanol–water partition coefficient (Wildman–Crippen LogP) is -0.349. The van der Waals surface area contributed by atoms with Gasteiger partial charge in [0.2, 0.25) is 5.91 Å². The monoisotopic (exact) mass is 413 g/mol. The quantitative estimate of drug-likeness (QED) is 0.686. The molecule has 3 heterocycles. The summed E-state index contributed by atoms with van der Waals surface area (Å²) in [5, 5.41) is 9.94. The summed E-state index contributed by atoms with van der Waals surface area (Å²) in [7, 11) is -3.97. The van der Waals surface area contributed by atoms with Gasteiger partial charge in [-0.15, -0.1) is 0 Å². The van der Waals surface area contributed by atoms with E-state index in [1.54, 1.807) is 4.52 Å². The van der Waals surface area contributed by atoms with Crippen LogP contribution in [0.3, 0.4) is 0 Å². The standard InChI is InChI=1S/C15H20ClN7O3S/c1-9-2-11(16)23-13(9)14(19-8-20-23)21-6-15(7-21)3-10(4-15)22(5-12(17)24)27(18,25)26/h2,8,10H,3-7H2,1H3,(H2,17,24)(H2,18,25,26). The van der Waals surface area contributed by atoms with Crippen molar-refractivity contribution in [2.45, 2.75) is 25.8 Å². The van der Waals surface area contributed by atoms with E-state index in [0.717, 1.165) is 34.3 Å². The smallest absolute Gasteiger partial charge is 0.277 e. The number of aromatic nitrogens is 3. The van der Waals surface area contributed by atoms with Crippen LogP contribution in [0.15, 0.2) is 12.4 Å². The summed E-state index contributed by atoms with van der Waals surface area (Å²) in [6, 6.07) is 1.54. The van der Waals surface area contributed by atoms with Crippen molar-refractivity contribution in [3.63, 3.8) is 0 Å². The van der Waals surface area contributed by atoms with Crippen molar-refractivity contribution in [1.82, 2.24) is 18.9 Å². The van der Waals surface area contributed by atoms with E-state index in [-0.39, 0.29) is 11.5 Å². The average Bonchev–Trinajstić information content (AvgIpc) is 2.77. The number of fused-ring (bicyclic) bond motifs is 1. The van der Waals surface area contributed by atoms with Crippen LogP contribution in [-0.4, -0.2) is 58.9 Å². The van der Waals surface area contributed by atoms with Gasteiger partial charge < -0.3 is 10.6 Å². The number of nitrogens with zero attached hydrogens (tertiary/aromatic N) is 5. The van der Waals surface area contributed by atoms with Crippen molar-refractivity contribution in [1.29, 1.82) is 0 Å². The molecule has 27 heavy (non-hydrogen) atoms. The maximum absolute atomic E-state index is 11.7. The van der Waals surface area contributed by atoms with Crippen LogP contribution in [0.2, 0.25) is 5.15 Å². The topological polar surface area (TPSA) is 140 Å². The largest absolute Gasteiger partial charge is 0.369 e. The van der Waals surface area contributed by atoms with Crippen LogP contribution in [-0.2, 0) is 15.0 Å². The van der Waals surface area contributed by atoms with E-state index in [1.807, 2.05) is 13.0 Å². The highest BCUT2D eigenvalue weighted by atomic mass is 35.5. The lowest BCUT2D eigenvalue weighted by Gasteiger charge is -2.60. The van der Waals surface area contributed by atoms with Gasteiger partial charge in [-0.1, -0.05) is 11.6 Å². The summed E-state index contributed by atoms with van der Waals surface area (Å²) >= 11 is 6.19. The summed E-state index contributed by atoms with van der Waals surface area (Å²) in [6.45, 7) is 3.05. The van der Waals surface area contributed by atoms with Crippen LogP contribution in [0.4, 0.5) is 5.82 Å². The van der Waals surface area contributed by atoms with Crippen molar-refractivity contribution in [2.24, 2.45) is 16.3 Å². The molecule has 2 aromatic rings. The maximum atomic E-state index is 11.7. The highest BCUT2D eigenvalue weighted by Crippen LogP contribution is 2.52. The molecule has 2 fully saturated rings. The molecule has 1 aliphatic heterocycles. The molecule has 2 aliphatic rings. The lowest BCUT2D eigenvalue weighted by atomic mass is 9.60. The van der Waals surface area contributed by atoms with Crippen molar-refractivity contribution in [3.8, 4) is 0 Å². The minimum Gasteiger partial charge on any atom is -0.369 e. The number of halogens is 1. The normalized spacial score (nSPS) is 19.5. The molecular weight excluding hydrogens is 394 g/mol. The van der Waals surface area contributed by atoms with Gasteiger partial charge in [-0.25, -0.2) is 14.6 Å². The van der Waals surface area contributed by atoms with E-state index in [0.29, 0.717) is 18.0 Å². The van der Waals surface area contributed by atoms with E-state index < -0.39 is 22.7 Å². The molecule has 146 valence electrons. The van der Waals surface area contributed by atoms with Crippen LogP contribution in [0.25, 0.3) is 5.52 Å². The van der Waals surface area contributed by atoms with E-state index in [2.05, 4.69) is 15.0 Å². The van der Waals surface area contributed by atoms with Gasteiger partial charge in [0.25, 0.3) is 10.2 Å². The minimum absolute atomic E-state index is 0.00249. The van der Waals surface area contributed by atoms with Crippen LogP contribution >= 0.6 is 11.6 Å². The first-order chi connectivity index (χ1) is 12.6. The number of nitrogens with two attached hydrogens (primary N) is 2. The van der Waals surface area contributed by atoms with Gasteiger partial charge in [0, 0.05) is 24.5 Å². The zero-order chi connectivity index (χ0) is 19.6. The molecule has 2 aromatic heterocycles. The molecule has 12 heteroatoms. The molecule has 4 N–H and O–H groups in total. The zero-order valence-electron chi connectivity index (χ0n) is 14.7. The van der Waals surface area contributed by atoms with E-state index in [9.17, 15) is 13.2 Å². The number of carbonyl (C=O) groups excluding carboxylic acids is 1. The third-order valence-corrected chi connectivity index (χ3v) is 6.77. The van der Waals surface area contributed by atoms with Crippen molar-refractivity contribution < 1.29 is 13.2 Å². The summed E-state index contributed by atoms with van der Waals surface area (Å²) in [4.78, 5) is 17.7. The van der Waals surface area contributed by atoms with Crippen LogP contribution < -0.4 is 15.8 Å². The summed E-state index contributed by atoms with van der Waals surface area (Å²) < 4.78 is 26.1. The Morgan fingerprint density at radius 1 is 1.44 bits per heavy atom. The summed E-state index contributed by atoms with van der Waals surface area (Å²) in [5.41, 5.74) is 7.01. The number of anilines is 1. The van der Waals surface area contributed by atoms with Crippen molar-refractivity contribution >= 4 is 39.1 Å². The lowest BCUT2D eigenvalue weighted by molar-refractivity contribution is -0.119. The van der Waals surface area contributed by atoms with Gasteiger partial charge >= 0.3 is 0 Å².